The summed E-state index contributed by atoms with van der Waals surface area (Å²) in [6.45, 7) is 0.579. The number of para-hydroxylation sites is 1. The Bertz CT molecular complexity index is 587. The highest BCUT2D eigenvalue weighted by molar-refractivity contribution is 7.89. The van der Waals surface area contributed by atoms with Crippen LogP contribution in [0.2, 0.25) is 0 Å². The molecule has 1 aliphatic rings. The highest BCUT2D eigenvalue weighted by Crippen LogP contribution is 2.30. The highest BCUT2D eigenvalue weighted by atomic mass is 32.2. The summed E-state index contributed by atoms with van der Waals surface area (Å²) in [5.41, 5.74) is 5.16. The number of nitrogens with zero attached hydrogens (tertiary/aromatic N) is 2. The fraction of sp³-hybridized carbons (Fsp3) is 0.455. The predicted molar refractivity (Wildman–Crippen MR) is 69.1 cm³/mol. The van der Waals surface area contributed by atoms with Crippen LogP contribution in [0.3, 0.4) is 0 Å². The Morgan fingerprint density at radius 1 is 1.42 bits per heavy atom. The number of sulfonamides is 1. The lowest BCUT2D eigenvalue weighted by Gasteiger charge is -2.22. The lowest BCUT2D eigenvalue weighted by atomic mass is 10.2. The predicted octanol–water partition coefficient (Wildman–Crippen LogP) is 0.707. The SMILES string of the molecule is NC[C@H]1CCCN1S(=O)(=O)c1ccccc1[N+](=O)[O-]. The summed E-state index contributed by atoms with van der Waals surface area (Å²) in [5, 5.41) is 10.9. The van der Waals surface area contributed by atoms with E-state index in [-0.39, 0.29) is 17.5 Å². The topological polar surface area (TPSA) is 107 Å². The van der Waals surface area contributed by atoms with Crippen LogP contribution in [0, 0.1) is 10.1 Å². The molecule has 0 spiro atoms. The third kappa shape index (κ3) is 2.46. The molecule has 0 radical (unpaired) electrons. The van der Waals surface area contributed by atoms with Crippen LogP contribution in [0.5, 0.6) is 0 Å². The summed E-state index contributed by atoms with van der Waals surface area (Å²) in [4.78, 5) is 9.99. The van der Waals surface area contributed by atoms with E-state index < -0.39 is 20.6 Å². The Morgan fingerprint density at radius 2 is 2.11 bits per heavy atom. The van der Waals surface area contributed by atoms with Crippen molar-refractivity contribution < 1.29 is 13.3 Å². The van der Waals surface area contributed by atoms with Crippen molar-refractivity contribution in [3.63, 3.8) is 0 Å². The number of benzene rings is 1. The Kier molecular flexibility index (Phi) is 3.83. The van der Waals surface area contributed by atoms with Crippen molar-refractivity contribution in [3.8, 4) is 0 Å². The van der Waals surface area contributed by atoms with Crippen molar-refractivity contribution in [1.29, 1.82) is 0 Å². The Hall–Kier alpha value is -1.51. The van der Waals surface area contributed by atoms with Gasteiger partial charge in [0.2, 0.25) is 10.0 Å². The van der Waals surface area contributed by atoms with Gasteiger partial charge in [0.15, 0.2) is 4.90 Å². The number of hydrogen-bond donors (Lipinski definition) is 1. The molecule has 1 aliphatic heterocycles. The Balaban J connectivity index is 2.48. The molecule has 1 saturated heterocycles. The van der Waals surface area contributed by atoms with Crippen molar-refractivity contribution in [2.45, 2.75) is 23.8 Å². The minimum Gasteiger partial charge on any atom is -0.329 e. The minimum absolute atomic E-state index is 0.222. The zero-order valence-electron chi connectivity index (χ0n) is 10.2. The van der Waals surface area contributed by atoms with E-state index in [4.69, 9.17) is 5.73 Å². The molecule has 0 aromatic heterocycles. The Morgan fingerprint density at radius 3 is 2.74 bits per heavy atom. The van der Waals surface area contributed by atoms with Gasteiger partial charge in [0.05, 0.1) is 4.92 Å². The zero-order valence-corrected chi connectivity index (χ0v) is 11.0. The monoisotopic (exact) mass is 285 g/mol. The maximum absolute atomic E-state index is 12.5. The fourth-order valence-corrected chi connectivity index (χ4v) is 4.18. The summed E-state index contributed by atoms with van der Waals surface area (Å²) in [7, 11) is -3.86. The first kappa shape index (κ1) is 13.9. The van der Waals surface area contributed by atoms with Gasteiger partial charge in [0.25, 0.3) is 5.69 Å². The molecule has 0 amide bonds. The molecule has 0 bridgehead atoms. The van der Waals surface area contributed by atoms with Crippen molar-refractivity contribution in [3.05, 3.63) is 34.4 Å². The van der Waals surface area contributed by atoms with Crippen molar-refractivity contribution in [1.82, 2.24) is 4.31 Å². The van der Waals surface area contributed by atoms with Crippen molar-refractivity contribution in [2.75, 3.05) is 13.1 Å². The van der Waals surface area contributed by atoms with Gasteiger partial charge in [0.1, 0.15) is 0 Å². The van der Waals surface area contributed by atoms with Gasteiger partial charge in [-0.05, 0) is 18.9 Å². The summed E-state index contributed by atoms with van der Waals surface area (Å²) >= 11 is 0. The second kappa shape index (κ2) is 5.24. The molecule has 2 N–H and O–H groups in total. The van der Waals surface area contributed by atoms with Gasteiger partial charge in [-0.2, -0.15) is 4.31 Å². The van der Waals surface area contributed by atoms with Crippen molar-refractivity contribution in [2.24, 2.45) is 5.73 Å². The van der Waals surface area contributed by atoms with E-state index in [0.717, 1.165) is 6.42 Å². The Labute approximate surface area is 111 Å². The average Bonchev–Trinajstić information content (AvgIpc) is 2.87. The number of rotatable bonds is 4. The van der Waals surface area contributed by atoms with Gasteiger partial charge in [-0.25, -0.2) is 8.42 Å². The standard InChI is InChI=1S/C11H15N3O4S/c12-8-9-4-3-7-13(9)19(17,18)11-6-2-1-5-10(11)14(15)16/h1-2,5-6,9H,3-4,7-8,12H2/t9-/m1/s1. The molecular weight excluding hydrogens is 270 g/mol. The molecule has 8 heteroatoms. The zero-order chi connectivity index (χ0) is 14.0. The van der Waals surface area contributed by atoms with E-state index in [1.165, 1.54) is 28.6 Å². The van der Waals surface area contributed by atoms with Gasteiger partial charge < -0.3 is 5.73 Å². The molecule has 0 saturated carbocycles. The fourth-order valence-electron chi connectivity index (χ4n) is 2.31. The lowest BCUT2D eigenvalue weighted by molar-refractivity contribution is -0.387. The first-order valence-corrected chi connectivity index (χ1v) is 7.38. The van der Waals surface area contributed by atoms with E-state index in [0.29, 0.717) is 13.0 Å². The number of nitrogens with two attached hydrogens (primary N) is 1. The van der Waals surface area contributed by atoms with Gasteiger partial charge in [-0.15, -0.1) is 0 Å². The smallest absolute Gasteiger partial charge is 0.289 e. The van der Waals surface area contributed by atoms with Gasteiger partial charge >= 0.3 is 0 Å². The molecule has 1 atom stereocenters. The molecule has 1 fully saturated rings. The molecule has 19 heavy (non-hydrogen) atoms. The van der Waals surface area contributed by atoms with Gasteiger partial charge in [-0.1, -0.05) is 12.1 Å². The van der Waals surface area contributed by atoms with Crippen LogP contribution in [0.1, 0.15) is 12.8 Å². The summed E-state index contributed by atoms with van der Waals surface area (Å²) in [5.74, 6) is 0. The van der Waals surface area contributed by atoms with Gasteiger partial charge in [-0.3, -0.25) is 10.1 Å². The van der Waals surface area contributed by atoms with Gasteiger partial charge in [0, 0.05) is 25.2 Å². The highest BCUT2D eigenvalue weighted by Gasteiger charge is 2.37. The van der Waals surface area contributed by atoms with Crippen molar-refractivity contribution >= 4 is 15.7 Å². The van der Waals surface area contributed by atoms with E-state index in [9.17, 15) is 18.5 Å². The quantitative estimate of drug-likeness (QED) is 0.647. The van der Waals surface area contributed by atoms with Crippen LogP contribution in [0.4, 0.5) is 5.69 Å². The van der Waals surface area contributed by atoms with Crippen LogP contribution in [0.25, 0.3) is 0 Å². The van der Waals surface area contributed by atoms with Crippen LogP contribution >= 0.6 is 0 Å². The summed E-state index contributed by atoms with van der Waals surface area (Å²) in [6.07, 6.45) is 1.41. The molecule has 2 rings (SSSR count). The van der Waals surface area contributed by atoms with E-state index in [1.807, 2.05) is 0 Å². The maximum atomic E-state index is 12.5. The van der Waals surface area contributed by atoms with E-state index in [2.05, 4.69) is 0 Å². The number of nitro groups is 1. The second-order valence-corrected chi connectivity index (χ2v) is 6.23. The van der Waals surface area contributed by atoms with Crippen LogP contribution in [-0.2, 0) is 10.0 Å². The molecule has 0 aliphatic carbocycles. The van der Waals surface area contributed by atoms with E-state index in [1.54, 1.807) is 0 Å². The second-order valence-electron chi connectivity index (χ2n) is 4.37. The molecular formula is C11H15N3O4S. The summed E-state index contributed by atoms with van der Waals surface area (Å²) in [6, 6.07) is 5.11. The molecule has 104 valence electrons. The lowest BCUT2D eigenvalue weighted by Crippen LogP contribution is -2.40. The third-order valence-corrected chi connectivity index (χ3v) is 5.24. The first-order valence-electron chi connectivity index (χ1n) is 5.94. The summed E-state index contributed by atoms with van der Waals surface area (Å²) < 4.78 is 26.3. The number of nitro benzene ring substituents is 1. The van der Waals surface area contributed by atoms with Crippen LogP contribution < -0.4 is 5.73 Å². The van der Waals surface area contributed by atoms with E-state index >= 15 is 0 Å². The third-order valence-electron chi connectivity index (χ3n) is 3.24. The normalized spacial score (nSPS) is 20.6. The van der Waals surface area contributed by atoms with Crippen LogP contribution in [-0.4, -0.2) is 36.8 Å². The largest absolute Gasteiger partial charge is 0.329 e. The molecule has 1 heterocycles. The van der Waals surface area contributed by atoms with Crippen LogP contribution in [0.15, 0.2) is 29.2 Å². The first-order chi connectivity index (χ1) is 8.98. The molecule has 1 aromatic carbocycles. The maximum Gasteiger partial charge on any atom is 0.289 e. The minimum atomic E-state index is -3.86. The number of hydrogen-bond acceptors (Lipinski definition) is 5. The molecule has 7 nitrogen and oxygen atoms in total. The molecule has 1 aromatic rings. The molecule has 0 unspecified atom stereocenters. The average molecular weight is 285 g/mol.